The van der Waals surface area contributed by atoms with Crippen molar-refractivity contribution in [3.63, 3.8) is 0 Å². The maximum atomic E-state index is 12.7. The Balaban J connectivity index is 3.92. The number of ether oxygens (including phenoxy) is 2. The van der Waals surface area contributed by atoms with E-state index in [4.69, 9.17) is 24.3 Å². The van der Waals surface area contributed by atoms with Crippen LogP contribution in [0.5, 0.6) is 0 Å². The van der Waals surface area contributed by atoms with Crippen molar-refractivity contribution in [2.24, 2.45) is 5.73 Å². The molecule has 3 N–H and O–H groups in total. The van der Waals surface area contributed by atoms with Crippen molar-refractivity contribution in [3.05, 3.63) is 97.2 Å². The fourth-order valence-corrected chi connectivity index (χ4v) is 8.28. The first-order valence-electron chi connectivity index (χ1n) is 27.7. The summed E-state index contributed by atoms with van der Waals surface area (Å²) in [6.07, 6.45) is 74.5. The van der Waals surface area contributed by atoms with Gasteiger partial charge in [-0.05, 0) is 89.9 Å². The highest BCUT2D eigenvalue weighted by Crippen LogP contribution is 2.43. The molecule has 392 valence electrons. The van der Waals surface area contributed by atoms with Crippen molar-refractivity contribution in [2.45, 2.75) is 238 Å². The van der Waals surface area contributed by atoms with Gasteiger partial charge in [-0.1, -0.05) is 233 Å². The molecule has 0 saturated carbocycles. The topological polar surface area (TPSA) is 117 Å². The van der Waals surface area contributed by atoms with E-state index < -0.39 is 13.9 Å². The second-order valence-corrected chi connectivity index (χ2v) is 19.5. The first-order chi connectivity index (χ1) is 33.4. The summed E-state index contributed by atoms with van der Waals surface area (Å²) in [5.41, 5.74) is 5.40. The number of rotatable bonds is 52. The minimum absolute atomic E-state index is 0.0955. The summed E-state index contributed by atoms with van der Waals surface area (Å²) in [5, 5.41) is 0. The highest BCUT2D eigenvalue weighted by atomic mass is 31.2. The second-order valence-electron chi connectivity index (χ2n) is 18.0. The molecule has 2 atom stereocenters. The highest BCUT2D eigenvalue weighted by molar-refractivity contribution is 7.47. The van der Waals surface area contributed by atoms with Crippen LogP contribution in [-0.2, 0) is 27.9 Å². The number of carbonyl (C=O) groups is 1. The maximum Gasteiger partial charge on any atom is 0.472 e. The van der Waals surface area contributed by atoms with Crippen molar-refractivity contribution in [1.82, 2.24) is 0 Å². The molecular weight excluding hydrogens is 866 g/mol. The van der Waals surface area contributed by atoms with Crippen LogP contribution >= 0.6 is 7.82 Å². The van der Waals surface area contributed by atoms with Crippen LogP contribution in [0.2, 0.25) is 0 Å². The molecule has 0 spiro atoms. The van der Waals surface area contributed by atoms with E-state index in [-0.39, 0.29) is 32.3 Å². The van der Waals surface area contributed by atoms with Gasteiger partial charge in [-0.2, -0.15) is 0 Å². The largest absolute Gasteiger partial charge is 0.472 e. The lowest BCUT2D eigenvalue weighted by Gasteiger charge is -2.20. The van der Waals surface area contributed by atoms with Crippen LogP contribution in [0.25, 0.3) is 0 Å². The summed E-state index contributed by atoms with van der Waals surface area (Å²) in [6, 6.07) is 0. The number of nitrogens with two attached hydrogens (primary N) is 1. The summed E-state index contributed by atoms with van der Waals surface area (Å²) in [7, 11) is -4.29. The van der Waals surface area contributed by atoms with Gasteiger partial charge < -0.3 is 20.1 Å². The molecule has 0 fully saturated rings. The first-order valence-corrected chi connectivity index (χ1v) is 29.2. The van der Waals surface area contributed by atoms with Gasteiger partial charge in [0, 0.05) is 19.6 Å². The number of unbranched alkanes of at least 4 members (excludes halogenated alkanes) is 23. The smallest absolute Gasteiger partial charge is 0.457 e. The van der Waals surface area contributed by atoms with Gasteiger partial charge in [0.1, 0.15) is 6.10 Å². The Morgan fingerprint density at radius 2 is 0.779 bits per heavy atom. The van der Waals surface area contributed by atoms with Gasteiger partial charge in [-0.15, -0.1) is 0 Å². The number of hydrogen-bond donors (Lipinski definition) is 2. The average molecular weight is 970 g/mol. The van der Waals surface area contributed by atoms with E-state index in [9.17, 15) is 14.3 Å². The molecule has 68 heavy (non-hydrogen) atoms. The SMILES string of the molecule is CC/C=C\C/C=C\C/C=C\C/C=C\CCCCCCCCCCCCCCC(=O)OC(COCCCCCCCCCCCCC/C=C\C/C=C\C/C=C\C/C=C\CC)COP(=O)(O)OCCN. The fourth-order valence-electron chi connectivity index (χ4n) is 7.51. The van der Waals surface area contributed by atoms with E-state index in [0.29, 0.717) is 13.0 Å². The van der Waals surface area contributed by atoms with Crippen molar-refractivity contribution in [1.29, 1.82) is 0 Å². The molecule has 0 aliphatic rings. The normalized spacial score (nSPS) is 14.0. The molecule has 0 aliphatic carbocycles. The number of carbonyl (C=O) groups excluding carboxylic acids is 1. The molecule has 0 aromatic rings. The summed E-state index contributed by atoms with van der Waals surface area (Å²) < 4.78 is 33.7. The molecule has 0 aromatic heterocycles. The van der Waals surface area contributed by atoms with E-state index in [2.05, 4.69) is 111 Å². The molecule has 0 radical (unpaired) electrons. The van der Waals surface area contributed by atoms with Crippen molar-refractivity contribution < 1.29 is 32.8 Å². The van der Waals surface area contributed by atoms with Crippen molar-refractivity contribution in [3.8, 4) is 0 Å². The van der Waals surface area contributed by atoms with Crippen LogP contribution in [0.1, 0.15) is 232 Å². The molecule has 2 unspecified atom stereocenters. The fraction of sp³-hybridized carbons (Fsp3) is 0.712. The Hall–Kier alpha value is -2.58. The van der Waals surface area contributed by atoms with Crippen LogP contribution in [-0.4, -0.2) is 49.9 Å². The molecule has 9 heteroatoms. The number of phosphoric ester groups is 1. The summed E-state index contributed by atoms with van der Waals surface area (Å²) in [5.74, 6) is -0.335. The van der Waals surface area contributed by atoms with Gasteiger partial charge in [0.25, 0.3) is 0 Å². The summed E-state index contributed by atoms with van der Waals surface area (Å²) in [6.45, 7) is 4.70. The molecule has 0 aromatic carbocycles. The van der Waals surface area contributed by atoms with Crippen LogP contribution in [0.4, 0.5) is 0 Å². The molecule has 0 amide bonds. The zero-order valence-corrected chi connectivity index (χ0v) is 44.7. The Bertz CT molecular complexity index is 1370. The summed E-state index contributed by atoms with van der Waals surface area (Å²) in [4.78, 5) is 22.7. The lowest BCUT2D eigenvalue weighted by molar-refractivity contribution is -0.154. The minimum Gasteiger partial charge on any atom is -0.457 e. The lowest BCUT2D eigenvalue weighted by atomic mass is 10.0. The average Bonchev–Trinajstić information content (AvgIpc) is 3.33. The van der Waals surface area contributed by atoms with Gasteiger partial charge in [-0.25, -0.2) is 4.57 Å². The van der Waals surface area contributed by atoms with Gasteiger partial charge >= 0.3 is 13.8 Å². The molecule has 8 nitrogen and oxygen atoms in total. The Morgan fingerprint density at radius 1 is 0.441 bits per heavy atom. The zero-order valence-electron chi connectivity index (χ0n) is 43.8. The van der Waals surface area contributed by atoms with Crippen molar-refractivity contribution >= 4 is 13.8 Å². The van der Waals surface area contributed by atoms with Crippen molar-refractivity contribution in [2.75, 3.05) is 33.0 Å². The number of phosphoric acid groups is 1. The molecule has 0 rings (SSSR count). The number of esters is 1. The Labute approximate surface area is 419 Å². The first kappa shape index (κ1) is 65.4. The molecule has 0 aliphatic heterocycles. The molecular formula is C59H104NO7P. The number of hydrogen-bond acceptors (Lipinski definition) is 7. The third-order valence-corrected chi connectivity index (χ3v) is 12.5. The van der Waals surface area contributed by atoms with Gasteiger partial charge in [0.05, 0.1) is 19.8 Å². The van der Waals surface area contributed by atoms with Crippen LogP contribution in [0.3, 0.4) is 0 Å². The monoisotopic (exact) mass is 970 g/mol. The third kappa shape index (κ3) is 54.4. The lowest BCUT2D eigenvalue weighted by Crippen LogP contribution is -2.28. The van der Waals surface area contributed by atoms with Crippen LogP contribution in [0.15, 0.2) is 97.2 Å². The predicted octanol–water partition coefficient (Wildman–Crippen LogP) is 17.8. The Kier molecular flexibility index (Phi) is 53.2. The van der Waals surface area contributed by atoms with E-state index in [0.717, 1.165) is 83.5 Å². The molecule has 0 heterocycles. The highest BCUT2D eigenvalue weighted by Gasteiger charge is 2.25. The predicted molar refractivity (Wildman–Crippen MR) is 293 cm³/mol. The molecule has 0 bridgehead atoms. The van der Waals surface area contributed by atoms with E-state index in [1.165, 1.54) is 128 Å². The number of allylic oxidation sites excluding steroid dienone is 16. The summed E-state index contributed by atoms with van der Waals surface area (Å²) >= 11 is 0. The maximum absolute atomic E-state index is 12.7. The minimum atomic E-state index is -4.29. The molecule has 0 saturated heterocycles. The van der Waals surface area contributed by atoms with Gasteiger partial charge in [0.2, 0.25) is 0 Å². The standard InChI is InChI=1S/C59H104NO7P/c1-3-5-7-9-11-13-15-17-19-21-23-25-27-29-30-32-34-36-38-40-42-44-46-48-50-52-59(61)67-58(57-66-68(62,63)65-55-53-60)56-64-54-51-49-47-45-43-41-39-37-35-33-31-28-26-24-22-20-18-16-14-12-10-8-6-4-2/h5-8,11-14,17-20,23-26,58H,3-4,9-10,15-16,21-22,27-57,60H2,1-2H3,(H,62,63)/b7-5-,8-6-,13-11-,14-12-,19-17-,20-18-,25-23-,26-24-. The second kappa shape index (κ2) is 55.3. The van der Waals surface area contributed by atoms with E-state index >= 15 is 0 Å². The quantitative estimate of drug-likeness (QED) is 0.0268. The zero-order chi connectivity index (χ0) is 49.4. The van der Waals surface area contributed by atoms with Gasteiger partial charge in [-0.3, -0.25) is 13.8 Å². The third-order valence-electron chi connectivity index (χ3n) is 11.5. The van der Waals surface area contributed by atoms with Gasteiger partial charge in [0.15, 0.2) is 0 Å². The van der Waals surface area contributed by atoms with Crippen LogP contribution in [0, 0.1) is 0 Å². The van der Waals surface area contributed by atoms with Crippen LogP contribution < -0.4 is 5.73 Å². The van der Waals surface area contributed by atoms with E-state index in [1.54, 1.807) is 0 Å². The Morgan fingerprint density at radius 3 is 1.16 bits per heavy atom. The van der Waals surface area contributed by atoms with E-state index in [1.807, 2.05) is 0 Å².